The molecule has 0 spiro atoms. The van der Waals surface area contributed by atoms with E-state index in [4.69, 9.17) is 16.3 Å². The van der Waals surface area contributed by atoms with Crippen molar-refractivity contribution in [1.82, 2.24) is 4.98 Å². The molecule has 1 aromatic heterocycles. The average molecular weight is 283 g/mol. The van der Waals surface area contributed by atoms with Gasteiger partial charge in [-0.3, -0.25) is 0 Å². The molecule has 7 heteroatoms. The van der Waals surface area contributed by atoms with Crippen molar-refractivity contribution in [1.29, 1.82) is 0 Å². The second-order valence-electron chi connectivity index (χ2n) is 3.81. The Labute approximate surface area is 109 Å². The summed E-state index contributed by atoms with van der Waals surface area (Å²) in [6, 6.07) is 2.26. The van der Waals surface area contributed by atoms with Crippen LogP contribution in [0.25, 0.3) is 0 Å². The highest BCUT2D eigenvalue weighted by Gasteiger charge is 2.35. The van der Waals surface area contributed by atoms with Crippen LogP contribution in [0, 0.1) is 0 Å². The van der Waals surface area contributed by atoms with Gasteiger partial charge in [-0.05, 0) is 12.1 Å². The van der Waals surface area contributed by atoms with Crippen LogP contribution in [0.1, 0.15) is 5.56 Å². The smallest absolute Gasteiger partial charge is 0.383 e. The van der Waals surface area contributed by atoms with Gasteiger partial charge in [-0.15, -0.1) is 11.6 Å². The van der Waals surface area contributed by atoms with Crippen molar-refractivity contribution in [2.24, 2.45) is 0 Å². The normalized spacial score (nSPS) is 13.4. The van der Waals surface area contributed by atoms with Crippen LogP contribution in [-0.2, 0) is 10.9 Å². The Morgan fingerprint density at radius 1 is 1.50 bits per heavy atom. The van der Waals surface area contributed by atoms with Crippen molar-refractivity contribution in [3.8, 4) is 0 Å². The van der Waals surface area contributed by atoms with Gasteiger partial charge in [0.05, 0.1) is 17.5 Å². The number of aromatic nitrogens is 1. The van der Waals surface area contributed by atoms with E-state index in [1.54, 1.807) is 0 Å². The summed E-state index contributed by atoms with van der Waals surface area (Å²) in [6.45, 7) is 0.482. The fourth-order valence-corrected chi connectivity index (χ4v) is 1.87. The Hall–Kier alpha value is -1.01. The van der Waals surface area contributed by atoms with Gasteiger partial charge in [0, 0.05) is 26.9 Å². The monoisotopic (exact) mass is 282 g/mol. The number of alkyl halides is 4. The Bertz CT molecular complexity index is 387. The molecule has 18 heavy (non-hydrogen) atoms. The Balaban J connectivity index is 2.89. The van der Waals surface area contributed by atoms with Gasteiger partial charge in [-0.2, -0.15) is 13.2 Å². The molecule has 1 aromatic rings. The molecule has 1 rings (SSSR count). The fourth-order valence-electron chi connectivity index (χ4n) is 1.54. The predicted octanol–water partition coefficient (Wildman–Crippen LogP) is 2.79. The second-order valence-corrected chi connectivity index (χ2v) is 4.42. The zero-order chi connectivity index (χ0) is 13.8. The summed E-state index contributed by atoms with van der Waals surface area (Å²) in [4.78, 5) is 5.14. The van der Waals surface area contributed by atoms with Crippen LogP contribution < -0.4 is 4.90 Å². The molecule has 0 bridgehead atoms. The molecule has 0 fully saturated rings. The molecule has 3 nitrogen and oxygen atoms in total. The first kappa shape index (κ1) is 15.0. The van der Waals surface area contributed by atoms with Crippen molar-refractivity contribution in [3.05, 3.63) is 23.9 Å². The Kier molecular flexibility index (Phi) is 5.22. The first-order chi connectivity index (χ1) is 8.36. The second kappa shape index (κ2) is 6.24. The van der Waals surface area contributed by atoms with Crippen LogP contribution in [0.15, 0.2) is 18.3 Å². The van der Waals surface area contributed by atoms with Gasteiger partial charge in [0.1, 0.15) is 5.82 Å². The molecule has 1 unspecified atom stereocenters. The summed E-state index contributed by atoms with van der Waals surface area (Å²) in [7, 11) is 3.00. The molecular formula is C11H14ClF3N2O. The number of anilines is 1. The summed E-state index contributed by atoms with van der Waals surface area (Å²) >= 11 is 5.92. The van der Waals surface area contributed by atoms with E-state index in [0.29, 0.717) is 0 Å². The highest BCUT2D eigenvalue weighted by atomic mass is 35.5. The van der Waals surface area contributed by atoms with Gasteiger partial charge in [0.15, 0.2) is 0 Å². The summed E-state index contributed by atoms with van der Waals surface area (Å²) in [5.41, 5.74) is -0.770. The highest BCUT2D eigenvalue weighted by Crippen LogP contribution is 2.34. The zero-order valence-corrected chi connectivity index (χ0v) is 10.8. The fraction of sp³-hybridized carbons (Fsp3) is 0.545. The molecule has 0 aliphatic carbocycles. The Morgan fingerprint density at radius 2 is 2.17 bits per heavy atom. The van der Waals surface area contributed by atoms with E-state index < -0.39 is 17.1 Å². The molecule has 0 aliphatic rings. The minimum Gasteiger partial charge on any atom is -0.383 e. The Morgan fingerprint density at radius 3 is 2.72 bits per heavy atom. The number of rotatable bonds is 5. The third-order valence-corrected chi connectivity index (χ3v) is 2.54. The van der Waals surface area contributed by atoms with Gasteiger partial charge in [0.2, 0.25) is 0 Å². The third kappa shape index (κ3) is 4.03. The van der Waals surface area contributed by atoms with Crippen molar-refractivity contribution in [3.63, 3.8) is 0 Å². The number of methoxy groups -OCH3 is 1. The number of nitrogens with zero attached hydrogens (tertiary/aromatic N) is 2. The molecule has 0 saturated carbocycles. The lowest BCUT2D eigenvalue weighted by atomic mass is 10.2. The van der Waals surface area contributed by atoms with E-state index in [1.807, 2.05) is 0 Å². The molecule has 0 aromatic carbocycles. The molecule has 0 saturated heterocycles. The molecule has 1 heterocycles. The first-order valence-electron chi connectivity index (χ1n) is 5.22. The zero-order valence-electron chi connectivity index (χ0n) is 10.0. The summed E-state index contributed by atoms with van der Waals surface area (Å²) in [5.74, 6) is -0.133. The highest BCUT2D eigenvalue weighted by molar-refractivity contribution is 6.21. The minimum atomic E-state index is -4.43. The number of hydrogen-bond donors (Lipinski definition) is 0. The SMILES string of the molecule is COCC(Cl)CN(C)c1ncccc1C(F)(F)F. The maximum atomic E-state index is 12.8. The molecule has 0 amide bonds. The lowest BCUT2D eigenvalue weighted by molar-refractivity contribution is -0.137. The van der Waals surface area contributed by atoms with Crippen LogP contribution in [-0.4, -0.2) is 37.7 Å². The van der Waals surface area contributed by atoms with Crippen molar-refractivity contribution in [2.75, 3.05) is 32.2 Å². The molecule has 0 radical (unpaired) electrons. The van der Waals surface area contributed by atoms with Crippen molar-refractivity contribution < 1.29 is 17.9 Å². The maximum absolute atomic E-state index is 12.8. The van der Waals surface area contributed by atoms with Crippen LogP contribution in [0.3, 0.4) is 0 Å². The largest absolute Gasteiger partial charge is 0.419 e. The lowest BCUT2D eigenvalue weighted by Gasteiger charge is -2.23. The van der Waals surface area contributed by atoms with E-state index in [-0.39, 0.29) is 19.0 Å². The van der Waals surface area contributed by atoms with E-state index >= 15 is 0 Å². The average Bonchev–Trinajstić information content (AvgIpc) is 2.28. The maximum Gasteiger partial charge on any atom is 0.419 e. The standard InChI is InChI=1S/C11H14ClF3N2O/c1-17(6-8(12)7-18-2)10-9(11(13,14)15)4-3-5-16-10/h3-5,8H,6-7H2,1-2H3. The molecule has 0 N–H and O–H groups in total. The number of pyridine rings is 1. The van der Waals surface area contributed by atoms with E-state index in [9.17, 15) is 13.2 Å². The van der Waals surface area contributed by atoms with Crippen molar-refractivity contribution in [2.45, 2.75) is 11.6 Å². The van der Waals surface area contributed by atoms with Gasteiger partial charge in [-0.1, -0.05) is 0 Å². The third-order valence-electron chi connectivity index (χ3n) is 2.27. The van der Waals surface area contributed by atoms with Crippen LogP contribution >= 0.6 is 11.6 Å². The molecule has 1 atom stereocenters. The van der Waals surface area contributed by atoms with Crippen LogP contribution in [0.4, 0.5) is 19.0 Å². The molecular weight excluding hydrogens is 269 g/mol. The van der Waals surface area contributed by atoms with Crippen molar-refractivity contribution >= 4 is 17.4 Å². The van der Waals surface area contributed by atoms with Gasteiger partial charge >= 0.3 is 6.18 Å². The summed E-state index contributed by atoms with van der Waals surface area (Å²) in [6.07, 6.45) is -3.11. The van der Waals surface area contributed by atoms with Gasteiger partial charge in [-0.25, -0.2) is 4.98 Å². The number of halogens is 4. The number of hydrogen-bond acceptors (Lipinski definition) is 3. The molecule has 102 valence electrons. The number of ether oxygens (including phenoxy) is 1. The molecule has 0 aliphatic heterocycles. The topological polar surface area (TPSA) is 25.4 Å². The van der Waals surface area contributed by atoms with E-state index in [0.717, 1.165) is 6.07 Å². The van der Waals surface area contributed by atoms with Crippen LogP contribution in [0.2, 0.25) is 0 Å². The van der Waals surface area contributed by atoms with E-state index in [2.05, 4.69) is 4.98 Å². The van der Waals surface area contributed by atoms with Crippen LogP contribution in [0.5, 0.6) is 0 Å². The predicted molar refractivity (Wildman–Crippen MR) is 64.0 cm³/mol. The quantitative estimate of drug-likeness (QED) is 0.777. The summed E-state index contributed by atoms with van der Waals surface area (Å²) in [5, 5.41) is -0.400. The minimum absolute atomic E-state index is 0.133. The first-order valence-corrected chi connectivity index (χ1v) is 5.66. The van der Waals surface area contributed by atoms with Gasteiger partial charge in [0.25, 0.3) is 0 Å². The van der Waals surface area contributed by atoms with E-state index in [1.165, 1.54) is 31.3 Å². The summed E-state index contributed by atoms with van der Waals surface area (Å²) < 4.78 is 43.1. The lowest BCUT2D eigenvalue weighted by Crippen LogP contribution is -2.30. The van der Waals surface area contributed by atoms with Gasteiger partial charge < -0.3 is 9.64 Å².